The van der Waals surface area contributed by atoms with Gasteiger partial charge in [0.2, 0.25) is 11.6 Å². The molecule has 0 aliphatic carbocycles. The Morgan fingerprint density at radius 3 is 2.70 bits per heavy atom. The molecule has 7 nitrogen and oxygen atoms in total. The van der Waals surface area contributed by atoms with Crippen LogP contribution < -0.4 is 10.6 Å². The number of nitrogens with one attached hydrogen (secondary N) is 3. The van der Waals surface area contributed by atoms with Crippen molar-refractivity contribution in [3.63, 3.8) is 0 Å². The van der Waals surface area contributed by atoms with E-state index in [2.05, 4.69) is 36.0 Å². The zero-order valence-electron chi connectivity index (χ0n) is 10.7. The number of hydrogen-bond donors (Lipinski definition) is 3. The summed E-state index contributed by atoms with van der Waals surface area (Å²) in [6, 6.07) is 5.98. The fraction of sp³-hybridized carbons (Fsp3) is 0.167. The van der Waals surface area contributed by atoms with Gasteiger partial charge in [-0.15, -0.1) is 5.10 Å². The minimum absolute atomic E-state index is 0.293. The van der Waals surface area contributed by atoms with E-state index in [1.165, 1.54) is 12.1 Å². The fourth-order valence-corrected chi connectivity index (χ4v) is 1.74. The van der Waals surface area contributed by atoms with Crippen LogP contribution in [0.3, 0.4) is 0 Å². The Bertz CT molecular complexity index is 722. The van der Waals surface area contributed by atoms with Gasteiger partial charge in [0.15, 0.2) is 11.3 Å². The number of halogens is 1. The highest BCUT2D eigenvalue weighted by Crippen LogP contribution is 2.22. The average Bonchev–Trinajstić information content (AvgIpc) is 2.90. The molecule has 0 amide bonds. The number of aromatic nitrogens is 5. The van der Waals surface area contributed by atoms with Gasteiger partial charge < -0.3 is 10.6 Å². The van der Waals surface area contributed by atoms with Crippen LogP contribution in [0.1, 0.15) is 6.92 Å². The third-order valence-electron chi connectivity index (χ3n) is 2.63. The Hall–Kier alpha value is -2.77. The van der Waals surface area contributed by atoms with E-state index in [0.29, 0.717) is 35.2 Å². The number of fused-ring (bicyclic) bond motifs is 1. The molecular weight excluding hydrogens is 261 g/mol. The number of benzene rings is 1. The monoisotopic (exact) mass is 273 g/mol. The van der Waals surface area contributed by atoms with Gasteiger partial charge in [-0.25, -0.2) is 4.39 Å². The van der Waals surface area contributed by atoms with Crippen LogP contribution in [0.4, 0.5) is 21.8 Å². The predicted octanol–water partition coefficient (Wildman–Crippen LogP) is 2.06. The van der Waals surface area contributed by atoms with Crippen molar-refractivity contribution in [1.29, 1.82) is 0 Å². The summed E-state index contributed by atoms with van der Waals surface area (Å²) in [5.41, 5.74) is 1.69. The SMILES string of the molecule is CCNc1nc(Nc2ccc(F)cc2)c2n[nH]nc2n1. The number of rotatable bonds is 4. The lowest BCUT2D eigenvalue weighted by Crippen LogP contribution is -2.05. The number of hydrogen-bond acceptors (Lipinski definition) is 6. The molecule has 20 heavy (non-hydrogen) atoms. The summed E-state index contributed by atoms with van der Waals surface area (Å²) in [4.78, 5) is 8.55. The molecule has 0 saturated carbocycles. The van der Waals surface area contributed by atoms with Crippen molar-refractivity contribution in [1.82, 2.24) is 25.4 Å². The molecule has 0 bridgehead atoms. The zero-order valence-corrected chi connectivity index (χ0v) is 10.7. The van der Waals surface area contributed by atoms with E-state index < -0.39 is 0 Å². The molecular formula is C12H12FN7. The average molecular weight is 273 g/mol. The predicted molar refractivity (Wildman–Crippen MR) is 73.3 cm³/mol. The molecule has 1 aromatic carbocycles. The second-order valence-corrected chi connectivity index (χ2v) is 4.05. The quantitative estimate of drug-likeness (QED) is 0.674. The maximum Gasteiger partial charge on any atom is 0.226 e. The minimum Gasteiger partial charge on any atom is -0.354 e. The van der Waals surface area contributed by atoms with Crippen molar-refractivity contribution in [2.45, 2.75) is 6.92 Å². The van der Waals surface area contributed by atoms with Crippen molar-refractivity contribution in [3.8, 4) is 0 Å². The molecule has 0 aliphatic rings. The lowest BCUT2D eigenvalue weighted by molar-refractivity contribution is 0.628. The summed E-state index contributed by atoms with van der Waals surface area (Å²) in [6.07, 6.45) is 0. The smallest absolute Gasteiger partial charge is 0.226 e. The van der Waals surface area contributed by atoms with Crippen LogP contribution >= 0.6 is 0 Å². The van der Waals surface area contributed by atoms with E-state index in [1.807, 2.05) is 6.92 Å². The largest absolute Gasteiger partial charge is 0.354 e. The molecule has 3 aromatic rings. The normalized spacial score (nSPS) is 10.7. The first-order chi connectivity index (χ1) is 9.76. The van der Waals surface area contributed by atoms with Crippen LogP contribution in [0.2, 0.25) is 0 Å². The van der Waals surface area contributed by atoms with Crippen LogP contribution in [-0.4, -0.2) is 31.9 Å². The van der Waals surface area contributed by atoms with E-state index in [-0.39, 0.29) is 5.82 Å². The molecule has 8 heteroatoms. The Labute approximate surface area is 113 Å². The van der Waals surface area contributed by atoms with Gasteiger partial charge in [0.05, 0.1) is 0 Å². The van der Waals surface area contributed by atoms with Crippen molar-refractivity contribution in [3.05, 3.63) is 30.1 Å². The standard InChI is InChI=1S/C12H12FN7/c1-2-14-12-16-10(9-11(17-12)19-20-18-9)15-8-5-3-7(13)4-6-8/h3-6H,2H2,1H3,(H3,14,15,16,17,18,19,20). The van der Waals surface area contributed by atoms with Gasteiger partial charge in [0.1, 0.15) is 5.82 Å². The Balaban J connectivity index is 2.00. The van der Waals surface area contributed by atoms with Gasteiger partial charge in [-0.05, 0) is 31.2 Å². The summed E-state index contributed by atoms with van der Waals surface area (Å²) in [6.45, 7) is 2.64. The maximum absolute atomic E-state index is 12.9. The highest BCUT2D eigenvalue weighted by molar-refractivity contribution is 5.85. The van der Waals surface area contributed by atoms with Crippen LogP contribution in [-0.2, 0) is 0 Å². The van der Waals surface area contributed by atoms with Crippen LogP contribution in [0.15, 0.2) is 24.3 Å². The number of anilines is 3. The van der Waals surface area contributed by atoms with E-state index >= 15 is 0 Å². The first-order valence-electron chi connectivity index (χ1n) is 6.11. The van der Waals surface area contributed by atoms with Crippen molar-refractivity contribution >= 4 is 28.6 Å². The van der Waals surface area contributed by atoms with Crippen molar-refractivity contribution < 1.29 is 4.39 Å². The third kappa shape index (κ3) is 2.35. The number of aromatic amines is 1. The van der Waals surface area contributed by atoms with Crippen LogP contribution in [0.25, 0.3) is 11.2 Å². The van der Waals surface area contributed by atoms with Gasteiger partial charge >= 0.3 is 0 Å². The molecule has 0 unspecified atom stereocenters. The molecule has 0 saturated heterocycles. The molecule has 0 atom stereocenters. The number of nitrogens with zero attached hydrogens (tertiary/aromatic N) is 4. The van der Waals surface area contributed by atoms with Crippen molar-refractivity contribution in [2.24, 2.45) is 0 Å². The summed E-state index contributed by atoms with van der Waals surface area (Å²) < 4.78 is 12.9. The van der Waals surface area contributed by atoms with Gasteiger partial charge in [0, 0.05) is 12.2 Å². The van der Waals surface area contributed by atoms with Crippen LogP contribution in [0.5, 0.6) is 0 Å². The molecule has 0 fully saturated rings. The van der Waals surface area contributed by atoms with E-state index in [9.17, 15) is 4.39 Å². The fourth-order valence-electron chi connectivity index (χ4n) is 1.74. The lowest BCUT2D eigenvalue weighted by atomic mass is 10.3. The summed E-state index contributed by atoms with van der Waals surface area (Å²) >= 11 is 0. The first-order valence-corrected chi connectivity index (χ1v) is 6.11. The zero-order chi connectivity index (χ0) is 13.9. The van der Waals surface area contributed by atoms with Crippen molar-refractivity contribution in [2.75, 3.05) is 17.2 Å². The first kappa shape index (κ1) is 12.3. The lowest BCUT2D eigenvalue weighted by Gasteiger charge is -2.07. The molecule has 2 aromatic heterocycles. The second-order valence-electron chi connectivity index (χ2n) is 4.05. The van der Waals surface area contributed by atoms with E-state index in [0.717, 1.165) is 0 Å². The Morgan fingerprint density at radius 1 is 1.15 bits per heavy atom. The molecule has 0 aliphatic heterocycles. The topological polar surface area (TPSA) is 91.4 Å². The van der Waals surface area contributed by atoms with Gasteiger partial charge in [-0.2, -0.15) is 20.3 Å². The van der Waals surface area contributed by atoms with E-state index in [1.54, 1.807) is 12.1 Å². The molecule has 0 spiro atoms. The molecule has 2 heterocycles. The number of H-pyrrole nitrogens is 1. The molecule has 3 N–H and O–H groups in total. The molecule has 3 rings (SSSR count). The molecule has 0 radical (unpaired) electrons. The third-order valence-corrected chi connectivity index (χ3v) is 2.63. The summed E-state index contributed by atoms with van der Waals surface area (Å²) in [5.74, 6) is 0.669. The van der Waals surface area contributed by atoms with Crippen LogP contribution in [0, 0.1) is 5.82 Å². The molecule has 102 valence electrons. The van der Waals surface area contributed by atoms with Gasteiger partial charge in [0.25, 0.3) is 0 Å². The maximum atomic E-state index is 12.9. The highest BCUT2D eigenvalue weighted by Gasteiger charge is 2.11. The van der Waals surface area contributed by atoms with E-state index in [4.69, 9.17) is 0 Å². The minimum atomic E-state index is -0.293. The van der Waals surface area contributed by atoms with Gasteiger partial charge in [-0.1, -0.05) is 0 Å². The highest BCUT2D eigenvalue weighted by atomic mass is 19.1. The Kier molecular flexibility index (Phi) is 3.12. The Morgan fingerprint density at radius 2 is 1.95 bits per heavy atom. The summed E-state index contributed by atoms with van der Waals surface area (Å²) in [7, 11) is 0. The second kappa shape index (κ2) is 5.08. The van der Waals surface area contributed by atoms with Gasteiger partial charge in [-0.3, -0.25) is 0 Å². The summed E-state index contributed by atoms with van der Waals surface area (Å²) in [5, 5.41) is 16.6.